The summed E-state index contributed by atoms with van der Waals surface area (Å²) in [5, 5.41) is 3.35. The second kappa shape index (κ2) is 7.76. The molecule has 1 fully saturated rings. The predicted molar refractivity (Wildman–Crippen MR) is 87.3 cm³/mol. The van der Waals surface area contributed by atoms with E-state index in [1.165, 1.54) is 0 Å². The van der Waals surface area contributed by atoms with Gasteiger partial charge in [-0.25, -0.2) is 4.39 Å². The zero-order chi connectivity index (χ0) is 15.2. The molecule has 3 nitrogen and oxygen atoms in total. The first-order valence-electron chi connectivity index (χ1n) is 8.05. The summed E-state index contributed by atoms with van der Waals surface area (Å²) in [7, 11) is 2.16. The van der Waals surface area contributed by atoms with Crippen molar-refractivity contribution >= 4 is 5.69 Å². The highest BCUT2D eigenvalue weighted by atomic mass is 19.1. The summed E-state index contributed by atoms with van der Waals surface area (Å²) < 4.78 is 13.9. The van der Waals surface area contributed by atoms with Gasteiger partial charge < -0.3 is 15.1 Å². The number of hydrogen-bond donors (Lipinski definition) is 1. The molecule has 1 aliphatic rings. The van der Waals surface area contributed by atoms with Crippen molar-refractivity contribution in [3.63, 3.8) is 0 Å². The maximum absolute atomic E-state index is 13.9. The molecular weight excluding hydrogens is 265 g/mol. The van der Waals surface area contributed by atoms with E-state index in [-0.39, 0.29) is 5.82 Å². The first-order valence-corrected chi connectivity index (χ1v) is 8.05. The van der Waals surface area contributed by atoms with Crippen molar-refractivity contribution < 1.29 is 4.39 Å². The van der Waals surface area contributed by atoms with Crippen molar-refractivity contribution in [1.29, 1.82) is 0 Å². The molecule has 1 heterocycles. The quantitative estimate of drug-likeness (QED) is 0.842. The molecule has 0 saturated carbocycles. The lowest BCUT2D eigenvalue weighted by atomic mass is 10.1. The van der Waals surface area contributed by atoms with E-state index >= 15 is 0 Å². The molecule has 1 unspecified atom stereocenters. The molecule has 1 aliphatic heterocycles. The molecule has 1 aromatic rings. The smallest absolute Gasteiger partial charge is 0.125 e. The van der Waals surface area contributed by atoms with Crippen LogP contribution in [-0.4, -0.2) is 44.2 Å². The SMILES string of the molecule is CCCNCc1cc(F)cc(N2CCCN(C)CC2C)c1. The molecule has 1 aromatic carbocycles. The number of anilines is 1. The number of benzene rings is 1. The van der Waals surface area contributed by atoms with Gasteiger partial charge in [-0.15, -0.1) is 0 Å². The van der Waals surface area contributed by atoms with E-state index < -0.39 is 0 Å². The van der Waals surface area contributed by atoms with Gasteiger partial charge in [-0.2, -0.15) is 0 Å². The van der Waals surface area contributed by atoms with Crippen LogP contribution in [0.4, 0.5) is 10.1 Å². The molecule has 118 valence electrons. The van der Waals surface area contributed by atoms with Gasteiger partial charge in [0.15, 0.2) is 0 Å². The van der Waals surface area contributed by atoms with Crippen LogP contribution >= 0.6 is 0 Å². The second-order valence-electron chi connectivity index (χ2n) is 6.15. The number of rotatable bonds is 5. The molecule has 1 N–H and O–H groups in total. The van der Waals surface area contributed by atoms with Crippen molar-refractivity contribution in [3.8, 4) is 0 Å². The van der Waals surface area contributed by atoms with E-state index in [2.05, 4.69) is 42.1 Å². The summed E-state index contributed by atoms with van der Waals surface area (Å²) in [4.78, 5) is 4.70. The highest BCUT2D eigenvalue weighted by molar-refractivity contribution is 5.50. The fourth-order valence-electron chi connectivity index (χ4n) is 3.07. The zero-order valence-corrected chi connectivity index (χ0v) is 13.5. The lowest BCUT2D eigenvalue weighted by molar-refractivity contribution is 0.337. The van der Waals surface area contributed by atoms with Crippen molar-refractivity contribution in [2.45, 2.75) is 39.3 Å². The maximum atomic E-state index is 13.9. The Morgan fingerprint density at radius 2 is 2.10 bits per heavy atom. The molecule has 0 spiro atoms. The molecule has 2 rings (SSSR count). The molecule has 0 aromatic heterocycles. The molecule has 0 amide bonds. The summed E-state index contributed by atoms with van der Waals surface area (Å²) in [5.74, 6) is -0.134. The molecule has 0 aliphatic carbocycles. The molecule has 0 radical (unpaired) electrons. The minimum absolute atomic E-state index is 0.134. The number of nitrogens with one attached hydrogen (secondary N) is 1. The Balaban J connectivity index is 2.14. The van der Waals surface area contributed by atoms with E-state index in [1.54, 1.807) is 12.1 Å². The number of likely N-dealkylation sites (N-methyl/N-ethyl adjacent to an activating group) is 1. The van der Waals surface area contributed by atoms with E-state index in [1.807, 2.05) is 0 Å². The molecule has 1 saturated heterocycles. The third-order valence-electron chi connectivity index (χ3n) is 4.08. The number of nitrogens with zero attached hydrogens (tertiary/aromatic N) is 2. The van der Waals surface area contributed by atoms with Crippen LogP contribution in [0.1, 0.15) is 32.3 Å². The van der Waals surface area contributed by atoms with Crippen molar-refractivity contribution in [2.75, 3.05) is 38.1 Å². The molecule has 0 bridgehead atoms. The van der Waals surface area contributed by atoms with Gasteiger partial charge in [0.2, 0.25) is 0 Å². The molecule has 1 atom stereocenters. The summed E-state index contributed by atoms with van der Waals surface area (Å²) >= 11 is 0. The van der Waals surface area contributed by atoms with Crippen LogP contribution in [0.15, 0.2) is 18.2 Å². The summed E-state index contributed by atoms with van der Waals surface area (Å²) in [6.45, 7) is 9.20. The van der Waals surface area contributed by atoms with Gasteiger partial charge in [0.25, 0.3) is 0 Å². The number of hydrogen-bond acceptors (Lipinski definition) is 3. The first-order chi connectivity index (χ1) is 10.1. The monoisotopic (exact) mass is 293 g/mol. The normalized spacial score (nSPS) is 20.6. The van der Waals surface area contributed by atoms with Gasteiger partial charge in [-0.1, -0.05) is 6.92 Å². The van der Waals surface area contributed by atoms with E-state index in [0.717, 1.165) is 56.8 Å². The van der Waals surface area contributed by atoms with E-state index in [4.69, 9.17) is 0 Å². The summed E-state index contributed by atoms with van der Waals surface area (Å²) in [6.07, 6.45) is 2.22. The topological polar surface area (TPSA) is 18.5 Å². The summed E-state index contributed by atoms with van der Waals surface area (Å²) in [6, 6.07) is 5.86. The van der Waals surface area contributed by atoms with E-state index in [9.17, 15) is 4.39 Å². The third kappa shape index (κ3) is 4.68. The lowest BCUT2D eigenvalue weighted by Crippen LogP contribution is -2.38. The van der Waals surface area contributed by atoms with Crippen LogP contribution in [0.3, 0.4) is 0 Å². The average Bonchev–Trinajstić information content (AvgIpc) is 2.59. The Kier molecular flexibility index (Phi) is 6.00. The Morgan fingerprint density at radius 3 is 2.86 bits per heavy atom. The van der Waals surface area contributed by atoms with Crippen LogP contribution in [0.5, 0.6) is 0 Å². The van der Waals surface area contributed by atoms with Gasteiger partial charge in [0, 0.05) is 31.4 Å². The average molecular weight is 293 g/mol. The fourth-order valence-corrected chi connectivity index (χ4v) is 3.07. The van der Waals surface area contributed by atoms with Crippen molar-refractivity contribution in [2.24, 2.45) is 0 Å². The molecule has 21 heavy (non-hydrogen) atoms. The van der Waals surface area contributed by atoms with E-state index in [0.29, 0.717) is 6.04 Å². The Hall–Kier alpha value is -1.13. The van der Waals surface area contributed by atoms with Crippen LogP contribution in [0.25, 0.3) is 0 Å². The zero-order valence-electron chi connectivity index (χ0n) is 13.5. The van der Waals surface area contributed by atoms with Gasteiger partial charge in [0.05, 0.1) is 0 Å². The van der Waals surface area contributed by atoms with Crippen molar-refractivity contribution in [1.82, 2.24) is 10.2 Å². The Labute approximate surface area is 128 Å². The molecular formula is C17H28FN3. The largest absolute Gasteiger partial charge is 0.367 e. The second-order valence-corrected chi connectivity index (χ2v) is 6.15. The highest BCUT2D eigenvalue weighted by Gasteiger charge is 2.20. The highest BCUT2D eigenvalue weighted by Crippen LogP contribution is 2.23. The minimum Gasteiger partial charge on any atom is -0.367 e. The fraction of sp³-hybridized carbons (Fsp3) is 0.647. The Bertz CT molecular complexity index is 450. The van der Waals surface area contributed by atoms with Gasteiger partial charge in [-0.05, 0) is 63.7 Å². The predicted octanol–water partition coefficient (Wildman–Crippen LogP) is 2.86. The van der Waals surface area contributed by atoms with Crippen LogP contribution in [0.2, 0.25) is 0 Å². The maximum Gasteiger partial charge on any atom is 0.125 e. The van der Waals surface area contributed by atoms with Gasteiger partial charge in [0.1, 0.15) is 5.82 Å². The van der Waals surface area contributed by atoms with Gasteiger partial charge >= 0.3 is 0 Å². The van der Waals surface area contributed by atoms with Crippen LogP contribution < -0.4 is 10.2 Å². The summed E-state index contributed by atoms with van der Waals surface area (Å²) in [5.41, 5.74) is 2.05. The number of halogens is 1. The van der Waals surface area contributed by atoms with Crippen molar-refractivity contribution in [3.05, 3.63) is 29.6 Å². The van der Waals surface area contributed by atoms with Gasteiger partial charge in [-0.3, -0.25) is 0 Å². The first kappa shape index (κ1) is 16.2. The standard InChI is InChI=1S/C17H28FN3/c1-4-6-19-12-15-9-16(18)11-17(10-15)21-8-5-7-20(3)13-14(21)2/h9-11,14,19H,4-8,12-13H2,1-3H3. The lowest BCUT2D eigenvalue weighted by Gasteiger charge is -2.30. The third-order valence-corrected chi connectivity index (χ3v) is 4.08. The molecule has 4 heteroatoms. The van der Waals surface area contributed by atoms with Crippen LogP contribution in [-0.2, 0) is 6.54 Å². The van der Waals surface area contributed by atoms with Crippen LogP contribution in [0, 0.1) is 5.82 Å². The Morgan fingerprint density at radius 1 is 1.29 bits per heavy atom. The minimum atomic E-state index is -0.134.